The number of carbonyl (C=O) groups is 2. The molecule has 0 atom stereocenters. The zero-order valence-electron chi connectivity index (χ0n) is 16.6. The normalized spacial score (nSPS) is 10.8. The third-order valence-corrected chi connectivity index (χ3v) is 5.24. The summed E-state index contributed by atoms with van der Waals surface area (Å²) < 4.78 is 7.09. The smallest absolute Gasteiger partial charge is 0.337 e. The topological polar surface area (TPSA) is 80.6 Å². The van der Waals surface area contributed by atoms with E-state index in [0.29, 0.717) is 17.3 Å². The number of nitrogens with one attached hydrogen (secondary N) is 1. The van der Waals surface area contributed by atoms with Crippen molar-refractivity contribution in [3.63, 3.8) is 0 Å². The number of carboxylic acid groups (broad SMARTS) is 1. The van der Waals surface area contributed by atoms with E-state index in [2.05, 4.69) is 5.32 Å². The fourth-order valence-electron chi connectivity index (χ4n) is 3.48. The van der Waals surface area contributed by atoms with Crippen LogP contribution in [-0.4, -0.2) is 28.7 Å². The summed E-state index contributed by atoms with van der Waals surface area (Å²) in [6, 6.07) is 21.1. The van der Waals surface area contributed by atoms with Crippen molar-refractivity contribution >= 4 is 40.1 Å². The van der Waals surface area contributed by atoms with Crippen LogP contribution >= 0.6 is 11.6 Å². The lowest BCUT2D eigenvalue weighted by Crippen LogP contribution is -2.19. The van der Waals surface area contributed by atoms with Gasteiger partial charge in [-0.1, -0.05) is 35.9 Å². The molecule has 0 aliphatic heterocycles. The number of anilines is 1. The minimum absolute atomic E-state index is 0.0247. The van der Waals surface area contributed by atoms with Crippen LogP contribution in [-0.2, 0) is 6.54 Å². The number of rotatable bonds is 6. The first kappa shape index (κ1) is 20.5. The van der Waals surface area contributed by atoms with Crippen molar-refractivity contribution in [2.45, 2.75) is 6.54 Å². The molecule has 31 heavy (non-hydrogen) atoms. The maximum absolute atomic E-state index is 13.2. The van der Waals surface area contributed by atoms with Gasteiger partial charge in [0.2, 0.25) is 0 Å². The van der Waals surface area contributed by atoms with Gasteiger partial charge in [-0.3, -0.25) is 4.79 Å². The molecule has 0 saturated carbocycles. The monoisotopic (exact) mass is 434 g/mol. The number of hydrogen-bond donors (Lipinski definition) is 2. The van der Waals surface area contributed by atoms with E-state index < -0.39 is 11.9 Å². The third kappa shape index (κ3) is 4.25. The van der Waals surface area contributed by atoms with Crippen molar-refractivity contribution in [3.8, 4) is 5.75 Å². The van der Waals surface area contributed by atoms with Crippen molar-refractivity contribution in [1.82, 2.24) is 4.57 Å². The number of hydrogen-bond acceptors (Lipinski definition) is 3. The average molecular weight is 435 g/mol. The Bertz CT molecular complexity index is 1280. The lowest BCUT2D eigenvalue weighted by atomic mass is 10.1. The predicted octanol–water partition coefficient (Wildman–Crippen LogP) is 5.30. The largest absolute Gasteiger partial charge is 0.497 e. The number of aromatic nitrogens is 1. The Kier molecular flexibility index (Phi) is 5.64. The number of aromatic carboxylic acids is 1. The molecule has 0 aliphatic rings. The Hall–Kier alpha value is -3.77. The Morgan fingerprint density at radius 3 is 2.48 bits per heavy atom. The number of para-hydroxylation sites is 1. The second kappa shape index (κ2) is 8.53. The first-order chi connectivity index (χ1) is 15.0. The van der Waals surface area contributed by atoms with E-state index in [9.17, 15) is 14.7 Å². The van der Waals surface area contributed by atoms with Gasteiger partial charge in [0.1, 0.15) is 11.4 Å². The summed E-state index contributed by atoms with van der Waals surface area (Å²) in [5, 5.41) is 13.5. The molecule has 0 saturated heterocycles. The van der Waals surface area contributed by atoms with E-state index >= 15 is 0 Å². The van der Waals surface area contributed by atoms with Gasteiger partial charge < -0.3 is 19.7 Å². The maximum atomic E-state index is 13.2. The van der Waals surface area contributed by atoms with E-state index in [0.717, 1.165) is 22.2 Å². The van der Waals surface area contributed by atoms with Crippen LogP contribution in [0.1, 0.15) is 26.4 Å². The number of benzene rings is 3. The molecule has 0 bridgehead atoms. The lowest BCUT2D eigenvalue weighted by molar-refractivity contribution is 0.0698. The standard InChI is InChI=1S/C24H19ClN2O4/c1-31-18-9-6-15(7-10-18)14-27-21-11-8-17(25)12-16(21)13-22(27)23(28)26-20-5-3-2-4-19(20)24(29)30/h2-13H,14H2,1H3,(H,26,28)(H,29,30). The van der Waals surface area contributed by atoms with E-state index in [-0.39, 0.29) is 11.3 Å². The Morgan fingerprint density at radius 2 is 1.77 bits per heavy atom. The minimum atomic E-state index is -1.11. The second-order valence-electron chi connectivity index (χ2n) is 6.97. The zero-order valence-corrected chi connectivity index (χ0v) is 17.4. The quantitative estimate of drug-likeness (QED) is 0.431. The van der Waals surface area contributed by atoms with Gasteiger partial charge in [-0.15, -0.1) is 0 Å². The van der Waals surface area contributed by atoms with Crippen LogP contribution < -0.4 is 10.1 Å². The molecule has 0 spiro atoms. The first-order valence-corrected chi connectivity index (χ1v) is 9.89. The highest BCUT2D eigenvalue weighted by molar-refractivity contribution is 6.31. The van der Waals surface area contributed by atoms with Gasteiger partial charge in [-0.2, -0.15) is 0 Å². The summed E-state index contributed by atoms with van der Waals surface area (Å²) in [5.41, 5.74) is 2.48. The van der Waals surface area contributed by atoms with Crippen LogP contribution in [0.25, 0.3) is 10.9 Å². The molecule has 7 heteroatoms. The molecule has 0 unspecified atom stereocenters. The van der Waals surface area contributed by atoms with Gasteiger partial charge in [0.15, 0.2) is 0 Å². The van der Waals surface area contributed by atoms with Crippen LogP contribution in [0.5, 0.6) is 5.75 Å². The molecule has 0 fully saturated rings. The molecule has 0 radical (unpaired) electrons. The summed E-state index contributed by atoms with van der Waals surface area (Å²) >= 11 is 6.15. The average Bonchev–Trinajstić information content (AvgIpc) is 3.12. The molecule has 1 heterocycles. The molecule has 1 aromatic heterocycles. The lowest BCUT2D eigenvalue weighted by Gasteiger charge is -2.13. The number of nitrogens with zero attached hydrogens (tertiary/aromatic N) is 1. The molecule has 1 amide bonds. The van der Waals surface area contributed by atoms with Crippen LogP contribution in [0, 0.1) is 0 Å². The summed E-state index contributed by atoms with van der Waals surface area (Å²) in [6.45, 7) is 0.443. The van der Waals surface area contributed by atoms with Gasteiger partial charge in [-0.05, 0) is 54.1 Å². The highest BCUT2D eigenvalue weighted by atomic mass is 35.5. The summed E-state index contributed by atoms with van der Waals surface area (Å²) in [4.78, 5) is 24.7. The SMILES string of the molecule is COc1ccc(Cn2c(C(=O)Nc3ccccc3C(=O)O)cc3cc(Cl)ccc32)cc1. The van der Waals surface area contributed by atoms with Crippen molar-refractivity contribution in [1.29, 1.82) is 0 Å². The number of fused-ring (bicyclic) bond motifs is 1. The third-order valence-electron chi connectivity index (χ3n) is 5.00. The minimum Gasteiger partial charge on any atom is -0.497 e. The van der Waals surface area contributed by atoms with Crippen molar-refractivity contribution in [2.24, 2.45) is 0 Å². The van der Waals surface area contributed by atoms with Gasteiger partial charge in [0.25, 0.3) is 5.91 Å². The fourth-order valence-corrected chi connectivity index (χ4v) is 3.66. The van der Waals surface area contributed by atoms with Gasteiger partial charge in [0, 0.05) is 22.5 Å². The molecular formula is C24H19ClN2O4. The van der Waals surface area contributed by atoms with Crippen LogP contribution in [0.3, 0.4) is 0 Å². The van der Waals surface area contributed by atoms with Crippen LogP contribution in [0.15, 0.2) is 72.8 Å². The molecular weight excluding hydrogens is 416 g/mol. The van der Waals surface area contributed by atoms with Gasteiger partial charge in [-0.25, -0.2) is 4.79 Å². The van der Waals surface area contributed by atoms with Gasteiger partial charge in [0.05, 0.1) is 18.4 Å². The number of amides is 1. The number of ether oxygens (including phenoxy) is 1. The van der Waals surface area contributed by atoms with Crippen molar-refractivity contribution in [3.05, 3.63) is 94.6 Å². The highest BCUT2D eigenvalue weighted by Crippen LogP contribution is 2.26. The first-order valence-electron chi connectivity index (χ1n) is 9.51. The fraction of sp³-hybridized carbons (Fsp3) is 0.0833. The predicted molar refractivity (Wildman–Crippen MR) is 120 cm³/mol. The van der Waals surface area contributed by atoms with E-state index in [1.165, 1.54) is 6.07 Å². The molecule has 2 N–H and O–H groups in total. The van der Waals surface area contributed by atoms with Gasteiger partial charge >= 0.3 is 5.97 Å². The molecule has 156 valence electrons. The summed E-state index contributed by atoms with van der Waals surface area (Å²) in [6.07, 6.45) is 0. The second-order valence-corrected chi connectivity index (χ2v) is 7.41. The molecule has 4 rings (SSSR count). The van der Waals surface area contributed by atoms with E-state index in [4.69, 9.17) is 16.3 Å². The summed E-state index contributed by atoms with van der Waals surface area (Å²) in [5.74, 6) is -0.771. The Morgan fingerprint density at radius 1 is 1.03 bits per heavy atom. The molecule has 3 aromatic carbocycles. The highest BCUT2D eigenvalue weighted by Gasteiger charge is 2.19. The number of carboxylic acids is 1. The van der Waals surface area contributed by atoms with E-state index in [1.54, 1.807) is 43.5 Å². The molecule has 0 aliphatic carbocycles. The molecule has 4 aromatic rings. The van der Waals surface area contributed by atoms with Crippen LogP contribution in [0.2, 0.25) is 5.02 Å². The number of methoxy groups -OCH3 is 1. The molecule has 6 nitrogen and oxygen atoms in total. The van der Waals surface area contributed by atoms with Crippen molar-refractivity contribution in [2.75, 3.05) is 12.4 Å². The Labute approximate surface area is 183 Å². The number of halogens is 1. The van der Waals surface area contributed by atoms with Crippen LogP contribution in [0.4, 0.5) is 5.69 Å². The van der Waals surface area contributed by atoms with Crippen molar-refractivity contribution < 1.29 is 19.4 Å². The zero-order chi connectivity index (χ0) is 22.0. The maximum Gasteiger partial charge on any atom is 0.337 e. The Balaban J connectivity index is 1.75. The van der Waals surface area contributed by atoms with E-state index in [1.807, 2.05) is 34.9 Å². The number of carbonyl (C=O) groups excluding carboxylic acids is 1. The summed E-state index contributed by atoms with van der Waals surface area (Å²) in [7, 11) is 1.61.